The average Bonchev–Trinajstić information content (AvgIpc) is 2.88. The lowest BCUT2D eigenvalue weighted by Crippen LogP contribution is -2.18. The maximum Gasteiger partial charge on any atom is 0.143 e. The maximum absolute atomic E-state index is 4.46. The van der Waals surface area contributed by atoms with Crippen molar-refractivity contribution < 1.29 is 0 Å². The Kier molecular flexibility index (Phi) is 3.10. The molecule has 0 fully saturated rings. The maximum atomic E-state index is 4.46. The third-order valence-electron chi connectivity index (χ3n) is 4.48. The molecule has 0 radical (unpaired) electrons. The molecular weight excluding hydrogens is 272 g/mol. The molecule has 1 unspecified atom stereocenters. The van der Waals surface area contributed by atoms with E-state index in [0.29, 0.717) is 6.04 Å². The highest BCUT2D eigenvalue weighted by molar-refractivity contribution is 5.87. The summed E-state index contributed by atoms with van der Waals surface area (Å²) in [4.78, 5) is 12.0. The van der Waals surface area contributed by atoms with Crippen LogP contribution in [-0.2, 0) is 6.42 Å². The van der Waals surface area contributed by atoms with Gasteiger partial charge in [0, 0.05) is 5.69 Å². The van der Waals surface area contributed by atoms with Gasteiger partial charge in [0.1, 0.15) is 17.8 Å². The van der Waals surface area contributed by atoms with Crippen LogP contribution in [0.25, 0.3) is 11.0 Å². The molecule has 0 aliphatic heterocycles. The van der Waals surface area contributed by atoms with Crippen molar-refractivity contribution in [2.24, 2.45) is 0 Å². The fourth-order valence-corrected chi connectivity index (χ4v) is 3.44. The fourth-order valence-electron chi connectivity index (χ4n) is 3.44. The molecular formula is C18H20N4. The van der Waals surface area contributed by atoms with Gasteiger partial charge >= 0.3 is 0 Å². The Morgan fingerprint density at radius 2 is 2.09 bits per heavy atom. The molecule has 0 spiro atoms. The molecule has 4 rings (SSSR count). The molecule has 1 aromatic carbocycles. The lowest BCUT2D eigenvalue weighted by molar-refractivity contribution is 0.598. The van der Waals surface area contributed by atoms with Crippen LogP contribution in [0.4, 0.5) is 5.82 Å². The third-order valence-corrected chi connectivity index (χ3v) is 4.48. The first kappa shape index (κ1) is 13.3. The number of aromatic nitrogens is 3. The Hall–Kier alpha value is -2.36. The topological polar surface area (TPSA) is 53.6 Å². The summed E-state index contributed by atoms with van der Waals surface area (Å²) in [6, 6.07) is 9.23. The second-order valence-corrected chi connectivity index (χ2v) is 6.23. The van der Waals surface area contributed by atoms with E-state index >= 15 is 0 Å². The minimum absolute atomic E-state index is 0.331. The summed E-state index contributed by atoms with van der Waals surface area (Å²) < 4.78 is 0. The van der Waals surface area contributed by atoms with Crippen molar-refractivity contribution in [3.05, 3.63) is 53.0 Å². The highest BCUT2D eigenvalue weighted by Gasteiger charge is 2.21. The molecule has 4 nitrogen and oxygen atoms in total. The first-order valence-corrected chi connectivity index (χ1v) is 7.87. The summed E-state index contributed by atoms with van der Waals surface area (Å²) >= 11 is 0. The van der Waals surface area contributed by atoms with Crippen LogP contribution in [0.5, 0.6) is 0 Å². The van der Waals surface area contributed by atoms with E-state index in [0.717, 1.165) is 29.0 Å². The van der Waals surface area contributed by atoms with Gasteiger partial charge in [-0.3, -0.25) is 0 Å². The molecule has 2 heterocycles. The summed E-state index contributed by atoms with van der Waals surface area (Å²) in [6.45, 7) is 4.21. The van der Waals surface area contributed by atoms with Crippen LogP contribution in [0, 0.1) is 13.8 Å². The monoisotopic (exact) mass is 292 g/mol. The van der Waals surface area contributed by atoms with Gasteiger partial charge in [0.2, 0.25) is 0 Å². The Morgan fingerprint density at radius 1 is 1.18 bits per heavy atom. The Labute approximate surface area is 130 Å². The van der Waals surface area contributed by atoms with Crippen LogP contribution < -0.4 is 5.32 Å². The number of hydrogen-bond acceptors (Lipinski definition) is 3. The fraction of sp³-hybridized carbons (Fsp3) is 0.333. The van der Waals surface area contributed by atoms with Crippen LogP contribution in [0.3, 0.4) is 0 Å². The largest absolute Gasteiger partial charge is 0.363 e. The minimum Gasteiger partial charge on any atom is -0.363 e. The normalized spacial score (nSPS) is 17.5. The van der Waals surface area contributed by atoms with Gasteiger partial charge in [0.05, 0.1) is 11.4 Å². The van der Waals surface area contributed by atoms with Crippen molar-refractivity contribution >= 4 is 16.9 Å². The SMILES string of the molecule is Cc1ccc2c(c1)CCCC2Nc1ncnc2[nH]c(C)cc12. The molecule has 112 valence electrons. The number of benzene rings is 1. The van der Waals surface area contributed by atoms with Crippen molar-refractivity contribution in [3.63, 3.8) is 0 Å². The second kappa shape index (κ2) is 5.13. The molecule has 0 saturated heterocycles. The van der Waals surface area contributed by atoms with Crippen molar-refractivity contribution in [1.82, 2.24) is 15.0 Å². The summed E-state index contributed by atoms with van der Waals surface area (Å²) in [5.74, 6) is 0.924. The third kappa shape index (κ3) is 2.25. The second-order valence-electron chi connectivity index (χ2n) is 6.23. The number of rotatable bonds is 2. The predicted octanol–water partition coefficient (Wildman–Crippen LogP) is 4.06. The molecule has 1 aliphatic rings. The summed E-state index contributed by atoms with van der Waals surface area (Å²) in [7, 11) is 0. The summed E-state index contributed by atoms with van der Waals surface area (Å²) in [6.07, 6.45) is 5.16. The van der Waals surface area contributed by atoms with E-state index in [-0.39, 0.29) is 0 Å². The molecule has 0 saturated carbocycles. The Morgan fingerprint density at radius 3 is 3.00 bits per heavy atom. The van der Waals surface area contributed by atoms with E-state index in [2.05, 4.69) is 51.5 Å². The van der Waals surface area contributed by atoms with Crippen LogP contribution in [0.1, 0.15) is 41.3 Å². The van der Waals surface area contributed by atoms with Crippen LogP contribution >= 0.6 is 0 Å². The zero-order valence-electron chi connectivity index (χ0n) is 13.0. The molecule has 1 atom stereocenters. The molecule has 1 aliphatic carbocycles. The molecule has 4 heteroatoms. The van der Waals surface area contributed by atoms with Gasteiger partial charge in [-0.2, -0.15) is 0 Å². The van der Waals surface area contributed by atoms with Gasteiger partial charge in [0.15, 0.2) is 0 Å². The quantitative estimate of drug-likeness (QED) is 0.748. The Balaban J connectivity index is 1.72. The standard InChI is InChI=1S/C18H20N4/c1-11-6-7-14-13(8-11)4-3-5-16(14)22-18-15-9-12(2)21-17(15)19-10-20-18/h6-10,16H,3-5H2,1-2H3,(H2,19,20,21,22). The van der Waals surface area contributed by atoms with Gasteiger partial charge in [-0.15, -0.1) is 0 Å². The number of H-pyrrole nitrogens is 1. The highest BCUT2D eigenvalue weighted by Crippen LogP contribution is 2.34. The number of nitrogens with one attached hydrogen (secondary N) is 2. The van der Waals surface area contributed by atoms with E-state index < -0.39 is 0 Å². The van der Waals surface area contributed by atoms with Crippen molar-refractivity contribution in [3.8, 4) is 0 Å². The number of aryl methyl sites for hydroxylation is 3. The number of anilines is 1. The molecule has 2 N–H and O–H groups in total. The summed E-state index contributed by atoms with van der Waals surface area (Å²) in [5, 5.41) is 4.71. The van der Waals surface area contributed by atoms with E-state index in [1.54, 1.807) is 6.33 Å². The number of aromatic amines is 1. The van der Waals surface area contributed by atoms with E-state index in [9.17, 15) is 0 Å². The van der Waals surface area contributed by atoms with Crippen LogP contribution in [0.15, 0.2) is 30.6 Å². The van der Waals surface area contributed by atoms with E-state index in [4.69, 9.17) is 0 Å². The molecule has 22 heavy (non-hydrogen) atoms. The van der Waals surface area contributed by atoms with Gasteiger partial charge in [-0.25, -0.2) is 9.97 Å². The lowest BCUT2D eigenvalue weighted by Gasteiger charge is -2.27. The zero-order valence-corrected chi connectivity index (χ0v) is 13.0. The average molecular weight is 292 g/mol. The molecule has 0 bridgehead atoms. The van der Waals surface area contributed by atoms with Gasteiger partial charge < -0.3 is 10.3 Å². The lowest BCUT2D eigenvalue weighted by atomic mass is 9.86. The number of hydrogen-bond donors (Lipinski definition) is 2. The van der Waals surface area contributed by atoms with Crippen LogP contribution in [-0.4, -0.2) is 15.0 Å². The van der Waals surface area contributed by atoms with Crippen molar-refractivity contribution in [2.45, 2.75) is 39.2 Å². The minimum atomic E-state index is 0.331. The van der Waals surface area contributed by atoms with Gasteiger partial charge in [0.25, 0.3) is 0 Å². The highest BCUT2D eigenvalue weighted by atomic mass is 15.1. The smallest absolute Gasteiger partial charge is 0.143 e. The van der Waals surface area contributed by atoms with Gasteiger partial charge in [-0.1, -0.05) is 23.8 Å². The number of nitrogens with zero attached hydrogens (tertiary/aromatic N) is 2. The molecule has 0 amide bonds. The van der Waals surface area contributed by atoms with E-state index in [1.807, 2.05) is 6.92 Å². The zero-order chi connectivity index (χ0) is 15.1. The molecule has 3 aromatic rings. The summed E-state index contributed by atoms with van der Waals surface area (Å²) in [5.41, 5.74) is 6.23. The van der Waals surface area contributed by atoms with Gasteiger partial charge in [-0.05, 0) is 50.3 Å². The van der Waals surface area contributed by atoms with Crippen molar-refractivity contribution in [2.75, 3.05) is 5.32 Å². The van der Waals surface area contributed by atoms with Crippen LogP contribution in [0.2, 0.25) is 0 Å². The predicted molar refractivity (Wildman–Crippen MR) is 89.1 cm³/mol. The molecule has 2 aromatic heterocycles. The number of fused-ring (bicyclic) bond motifs is 2. The van der Waals surface area contributed by atoms with E-state index in [1.165, 1.54) is 29.5 Å². The Bertz CT molecular complexity index is 834. The van der Waals surface area contributed by atoms with Crippen molar-refractivity contribution in [1.29, 1.82) is 0 Å². The first-order chi connectivity index (χ1) is 10.7. The first-order valence-electron chi connectivity index (χ1n) is 7.87.